The minimum absolute atomic E-state index is 0.128. The number of hydrogen-bond donors (Lipinski definition) is 1. The lowest BCUT2D eigenvalue weighted by molar-refractivity contribution is -0.134. The lowest BCUT2D eigenvalue weighted by atomic mass is 9.93. The van der Waals surface area contributed by atoms with Crippen LogP contribution in [0.15, 0.2) is 24.3 Å². The van der Waals surface area contributed by atoms with Crippen molar-refractivity contribution in [2.24, 2.45) is 0 Å². The molecular weight excluding hydrogens is 236 g/mol. The monoisotopic (exact) mass is 258 g/mol. The molecule has 1 fully saturated rings. The van der Waals surface area contributed by atoms with Crippen LogP contribution in [0, 0.1) is 0 Å². The van der Waals surface area contributed by atoms with Crippen LogP contribution in [0.5, 0.6) is 0 Å². The van der Waals surface area contributed by atoms with Crippen LogP contribution in [0.25, 0.3) is 0 Å². The third-order valence-electron chi connectivity index (χ3n) is 4.49. The maximum atomic E-state index is 12.8. The van der Waals surface area contributed by atoms with Crippen molar-refractivity contribution in [3.63, 3.8) is 0 Å². The van der Waals surface area contributed by atoms with Gasteiger partial charge < -0.3 is 10.2 Å². The van der Waals surface area contributed by atoms with Gasteiger partial charge in [0.1, 0.15) is 6.04 Å². The average molecular weight is 258 g/mol. The molecule has 2 aliphatic rings. The first-order valence-electron chi connectivity index (χ1n) is 7.43. The number of benzene rings is 1. The second kappa shape index (κ2) is 5.33. The molecule has 1 saturated heterocycles. The summed E-state index contributed by atoms with van der Waals surface area (Å²) >= 11 is 0. The zero-order valence-electron chi connectivity index (χ0n) is 11.6. The largest absolute Gasteiger partial charge is 0.338 e. The molecule has 0 radical (unpaired) electrons. The van der Waals surface area contributed by atoms with E-state index in [1.165, 1.54) is 11.1 Å². The second-order valence-electron chi connectivity index (χ2n) is 5.57. The first-order chi connectivity index (χ1) is 9.31. The van der Waals surface area contributed by atoms with Gasteiger partial charge in [-0.25, -0.2) is 0 Å². The Morgan fingerprint density at radius 1 is 1.42 bits per heavy atom. The van der Waals surface area contributed by atoms with Crippen LogP contribution >= 0.6 is 0 Å². The molecule has 3 heteroatoms. The molecule has 1 N–H and O–H groups in total. The molecule has 1 aromatic carbocycles. The summed E-state index contributed by atoms with van der Waals surface area (Å²) in [6.07, 6.45) is 4.41. The summed E-state index contributed by atoms with van der Waals surface area (Å²) in [7, 11) is 0. The molecule has 0 aromatic heterocycles. The number of nitrogens with zero attached hydrogens (tertiary/aromatic N) is 1. The predicted molar refractivity (Wildman–Crippen MR) is 75.9 cm³/mol. The van der Waals surface area contributed by atoms with Crippen molar-refractivity contribution in [3.05, 3.63) is 35.4 Å². The van der Waals surface area contributed by atoms with Crippen molar-refractivity contribution < 1.29 is 4.79 Å². The van der Waals surface area contributed by atoms with E-state index in [1.54, 1.807) is 0 Å². The SMILES string of the molecule is CCC1CCCN1C(=O)C1NCCc2ccccc21. The number of likely N-dealkylation sites (tertiary alicyclic amines) is 1. The maximum absolute atomic E-state index is 12.8. The molecule has 2 aliphatic heterocycles. The number of hydrogen-bond acceptors (Lipinski definition) is 2. The predicted octanol–water partition coefficient (Wildman–Crippen LogP) is 2.27. The van der Waals surface area contributed by atoms with Crippen molar-refractivity contribution in [2.75, 3.05) is 13.1 Å². The highest BCUT2D eigenvalue weighted by molar-refractivity contribution is 5.84. The Balaban J connectivity index is 1.85. The normalized spacial score (nSPS) is 26.3. The van der Waals surface area contributed by atoms with Gasteiger partial charge in [-0.05, 0) is 36.8 Å². The highest BCUT2D eigenvalue weighted by Crippen LogP contribution is 2.28. The Bertz CT molecular complexity index is 472. The fraction of sp³-hybridized carbons (Fsp3) is 0.562. The molecular formula is C16H22N2O. The van der Waals surface area contributed by atoms with Crippen LogP contribution in [-0.2, 0) is 11.2 Å². The molecule has 19 heavy (non-hydrogen) atoms. The first-order valence-corrected chi connectivity index (χ1v) is 7.43. The summed E-state index contributed by atoms with van der Waals surface area (Å²) < 4.78 is 0. The molecule has 2 unspecified atom stereocenters. The van der Waals surface area contributed by atoms with Crippen molar-refractivity contribution in [1.29, 1.82) is 0 Å². The number of amides is 1. The van der Waals surface area contributed by atoms with Gasteiger partial charge in [0, 0.05) is 19.1 Å². The van der Waals surface area contributed by atoms with Crippen LogP contribution < -0.4 is 5.32 Å². The molecule has 102 valence electrons. The van der Waals surface area contributed by atoms with E-state index in [9.17, 15) is 4.79 Å². The molecule has 3 nitrogen and oxygen atoms in total. The summed E-state index contributed by atoms with van der Waals surface area (Å²) in [4.78, 5) is 14.9. The van der Waals surface area contributed by atoms with E-state index >= 15 is 0 Å². The topological polar surface area (TPSA) is 32.3 Å². The first kappa shape index (κ1) is 12.7. The summed E-state index contributed by atoms with van der Waals surface area (Å²) in [5.41, 5.74) is 2.51. The minimum Gasteiger partial charge on any atom is -0.338 e. The number of fused-ring (bicyclic) bond motifs is 1. The van der Waals surface area contributed by atoms with E-state index in [-0.39, 0.29) is 11.9 Å². The lowest BCUT2D eigenvalue weighted by Gasteiger charge is -2.32. The van der Waals surface area contributed by atoms with Gasteiger partial charge in [0.25, 0.3) is 0 Å². The zero-order valence-corrected chi connectivity index (χ0v) is 11.6. The zero-order chi connectivity index (χ0) is 13.2. The Morgan fingerprint density at radius 2 is 2.26 bits per heavy atom. The smallest absolute Gasteiger partial charge is 0.244 e. The Kier molecular flexibility index (Phi) is 3.56. The number of carbonyl (C=O) groups is 1. The van der Waals surface area contributed by atoms with Crippen LogP contribution in [0.1, 0.15) is 43.4 Å². The number of nitrogens with one attached hydrogen (secondary N) is 1. The summed E-state index contributed by atoms with van der Waals surface area (Å²) in [6.45, 7) is 4.01. The Hall–Kier alpha value is -1.35. The molecule has 0 spiro atoms. The van der Waals surface area contributed by atoms with Gasteiger partial charge in [-0.15, -0.1) is 0 Å². The molecule has 3 rings (SSSR count). The average Bonchev–Trinajstić information content (AvgIpc) is 2.94. The third kappa shape index (κ3) is 2.27. The van der Waals surface area contributed by atoms with Gasteiger partial charge in [-0.3, -0.25) is 4.79 Å². The Morgan fingerprint density at radius 3 is 3.11 bits per heavy atom. The molecule has 0 aliphatic carbocycles. The van der Waals surface area contributed by atoms with Gasteiger partial charge in [0.2, 0.25) is 5.91 Å². The van der Waals surface area contributed by atoms with Crippen LogP contribution in [0.3, 0.4) is 0 Å². The van der Waals surface area contributed by atoms with Gasteiger partial charge in [-0.1, -0.05) is 31.2 Å². The summed E-state index contributed by atoms with van der Waals surface area (Å²) in [5.74, 6) is 0.275. The molecule has 1 amide bonds. The number of rotatable bonds is 2. The fourth-order valence-corrected chi connectivity index (χ4v) is 3.44. The second-order valence-corrected chi connectivity index (χ2v) is 5.57. The molecule has 1 aromatic rings. The van der Waals surface area contributed by atoms with E-state index in [1.807, 2.05) is 6.07 Å². The molecule has 0 saturated carbocycles. The van der Waals surface area contributed by atoms with Crippen LogP contribution in [0.2, 0.25) is 0 Å². The van der Waals surface area contributed by atoms with Gasteiger partial charge in [0.05, 0.1) is 0 Å². The highest BCUT2D eigenvalue weighted by Gasteiger charge is 2.34. The standard InChI is InChI=1S/C16H22N2O/c1-2-13-7-5-11-18(13)16(19)15-14-8-4-3-6-12(14)9-10-17-15/h3-4,6,8,13,15,17H,2,5,7,9-11H2,1H3. The quantitative estimate of drug-likeness (QED) is 0.882. The summed E-state index contributed by atoms with van der Waals surface area (Å²) in [5, 5.41) is 3.41. The Labute approximate surface area is 115 Å². The van der Waals surface area contributed by atoms with Crippen molar-refractivity contribution in [2.45, 2.75) is 44.7 Å². The molecule has 0 bridgehead atoms. The van der Waals surface area contributed by atoms with E-state index in [0.717, 1.165) is 38.8 Å². The fourth-order valence-electron chi connectivity index (χ4n) is 3.44. The van der Waals surface area contributed by atoms with Gasteiger partial charge in [-0.2, -0.15) is 0 Å². The highest BCUT2D eigenvalue weighted by atomic mass is 16.2. The summed E-state index contributed by atoms with van der Waals surface area (Å²) in [6, 6.07) is 8.67. The van der Waals surface area contributed by atoms with Crippen molar-refractivity contribution in [1.82, 2.24) is 10.2 Å². The van der Waals surface area contributed by atoms with Crippen LogP contribution in [0.4, 0.5) is 0 Å². The van der Waals surface area contributed by atoms with Gasteiger partial charge in [0.15, 0.2) is 0 Å². The number of carbonyl (C=O) groups excluding carboxylic acids is 1. The van der Waals surface area contributed by atoms with Crippen LogP contribution in [-0.4, -0.2) is 29.9 Å². The van der Waals surface area contributed by atoms with E-state index in [4.69, 9.17) is 0 Å². The lowest BCUT2D eigenvalue weighted by Crippen LogP contribution is -2.45. The van der Waals surface area contributed by atoms with E-state index in [2.05, 4.69) is 35.3 Å². The molecule has 2 heterocycles. The van der Waals surface area contributed by atoms with E-state index in [0.29, 0.717) is 6.04 Å². The van der Waals surface area contributed by atoms with Crippen molar-refractivity contribution >= 4 is 5.91 Å². The maximum Gasteiger partial charge on any atom is 0.244 e. The molecule has 2 atom stereocenters. The van der Waals surface area contributed by atoms with Gasteiger partial charge >= 0.3 is 0 Å². The van der Waals surface area contributed by atoms with E-state index < -0.39 is 0 Å². The van der Waals surface area contributed by atoms with Crippen molar-refractivity contribution in [3.8, 4) is 0 Å². The minimum atomic E-state index is -0.128. The third-order valence-corrected chi connectivity index (χ3v) is 4.49.